The predicted octanol–water partition coefficient (Wildman–Crippen LogP) is 4.96. The van der Waals surface area contributed by atoms with Gasteiger partial charge in [0.25, 0.3) is 0 Å². The van der Waals surface area contributed by atoms with Gasteiger partial charge in [-0.3, -0.25) is 0 Å². The zero-order valence-electron chi connectivity index (χ0n) is 11.3. The van der Waals surface area contributed by atoms with Gasteiger partial charge in [0, 0.05) is 5.56 Å². The Bertz CT molecular complexity index is 842. The van der Waals surface area contributed by atoms with E-state index in [4.69, 9.17) is 4.42 Å². The molecule has 0 atom stereocenters. The third-order valence-corrected chi connectivity index (χ3v) is 3.46. The van der Waals surface area contributed by atoms with Gasteiger partial charge in [-0.2, -0.15) is 0 Å². The molecule has 0 aliphatic heterocycles. The fourth-order valence-corrected chi connectivity index (χ4v) is 2.39. The highest BCUT2D eigenvalue weighted by Gasteiger charge is 2.08. The normalized spacial score (nSPS) is 10.9. The molecule has 0 spiro atoms. The summed E-state index contributed by atoms with van der Waals surface area (Å²) in [6.45, 7) is 0. The number of aromatic nitrogens is 1. The molecule has 2 heteroatoms. The summed E-state index contributed by atoms with van der Waals surface area (Å²) in [6, 6.07) is 27.0. The molecular formula is C19H12NO. The maximum Gasteiger partial charge on any atom is 0.227 e. The summed E-state index contributed by atoms with van der Waals surface area (Å²) < 4.78 is 5.82. The third-order valence-electron chi connectivity index (χ3n) is 3.46. The average molecular weight is 270 g/mol. The molecule has 21 heavy (non-hydrogen) atoms. The molecule has 0 bridgehead atoms. The van der Waals surface area contributed by atoms with E-state index in [0.717, 1.165) is 22.2 Å². The first-order valence-electron chi connectivity index (χ1n) is 6.83. The van der Waals surface area contributed by atoms with E-state index in [1.807, 2.05) is 48.5 Å². The quantitative estimate of drug-likeness (QED) is 0.514. The highest BCUT2D eigenvalue weighted by atomic mass is 16.3. The van der Waals surface area contributed by atoms with E-state index in [2.05, 4.69) is 35.3 Å². The molecule has 1 radical (unpaired) electrons. The van der Waals surface area contributed by atoms with Crippen LogP contribution in [0.4, 0.5) is 0 Å². The first kappa shape index (κ1) is 11.9. The van der Waals surface area contributed by atoms with Crippen LogP contribution in [0.1, 0.15) is 0 Å². The number of rotatable bonds is 2. The summed E-state index contributed by atoms with van der Waals surface area (Å²) >= 11 is 0. The topological polar surface area (TPSA) is 26.0 Å². The fourth-order valence-electron chi connectivity index (χ4n) is 2.39. The monoisotopic (exact) mass is 270 g/mol. The van der Waals surface area contributed by atoms with Crippen LogP contribution in [0.2, 0.25) is 0 Å². The van der Waals surface area contributed by atoms with Crippen LogP contribution in [-0.2, 0) is 0 Å². The molecule has 2 nitrogen and oxygen atoms in total. The maximum absolute atomic E-state index is 5.82. The molecule has 0 aliphatic rings. The summed E-state index contributed by atoms with van der Waals surface area (Å²) in [4.78, 5) is 4.59. The van der Waals surface area contributed by atoms with Gasteiger partial charge in [-0.15, -0.1) is 0 Å². The van der Waals surface area contributed by atoms with Crippen molar-refractivity contribution in [3.05, 3.63) is 78.9 Å². The number of nitrogens with zero attached hydrogens (tertiary/aromatic N) is 1. The van der Waals surface area contributed by atoms with Gasteiger partial charge in [-0.25, -0.2) is 4.98 Å². The molecule has 0 saturated carbocycles. The predicted molar refractivity (Wildman–Crippen MR) is 83.7 cm³/mol. The molecular weight excluding hydrogens is 258 g/mol. The SMILES string of the molecule is [c]1ccc(-c2nc3cc(-c4ccccc4)ccc3o2)cc1. The zero-order valence-corrected chi connectivity index (χ0v) is 11.3. The summed E-state index contributed by atoms with van der Waals surface area (Å²) in [7, 11) is 0. The van der Waals surface area contributed by atoms with Gasteiger partial charge >= 0.3 is 0 Å². The van der Waals surface area contributed by atoms with Crippen molar-refractivity contribution in [2.24, 2.45) is 0 Å². The summed E-state index contributed by atoms with van der Waals surface area (Å²) in [5.74, 6) is 0.643. The van der Waals surface area contributed by atoms with E-state index in [0.29, 0.717) is 5.89 Å². The Kier molecular flexibility index (Phi) is 2.79. The number of fused-ring (bicyclic) bond motifs is 1. The lowest BCUT2D eigenvalue weighted by Crippen LogP contribution is -1.77. The first-order valence-corrected chi connectivity index (χ1v) is 6.83. The molecule has 0 aliphatic carbocycles. The number of hydrogen-bond donors (Lipinski definition) is 0. The van der Waals surface area contributed by atoms with Gasteiger partial charge < -0.3 is 4.42 Å². The van der Waals surface area contributed by atoms with Crippen molar-refractivity contribution < 1.29 is 4.42 Å². The lowest BCUT2D eigenvalue weighted by molar-refractivity contribution is 0.620. The summed E-state index contributed by atoms with van der Waals surface area (Å²) in [6.07, 6.45) is 0. The van der Waals surface area contributed by atoms with E-state index in [1.165, 1.54) is 5.56 Å². The minimum atomic E-state index is 0.643. The molecule has 3 aromatic carbocycles. The van der Waals surface area contributed by atoms with Gasteiger partial charge in [-0.1, -0.05) is 48.5 Å². The van der Waals surface area contributed by atoms with Crippen molar-refractivity contribution in [3.63, 3.8) is 0 Å². The van der Waals surface area contributed by atoms with Crippen molar-refractivity contribution in [2.45, 2.75) is 0 Å². The summed E-state index contributed by atoms with van der Waals surface area (Å²) in [5, 5.41) is 0. The maximum atomic E-state index is 5.82. The van der Waals surface area contributed by atoms with Gasteiger partial charge in [-0.05, 0) is 41.5 Å². The van der Waals surface area contributed by atoms with Crippen molar-refractivity contribution in [1.29, 1.82) is 0 Å². The smallest absolute Gasteiger partial charge is 0.227 e. The molecule has 1 heterocycles. The second-order valence-corrected chi connectivity index (χ2v) is 4.86. The van der Waals surface area contributed by atoms with Crippen molar-refractivity contribution in [3.8, 4) is 22.6 Å². The van der Waals surface area contributed by atoms with Crippen LogP contribution in [-0.4, -0.2) is 4.98 Å². The Morgan fingerprint density at radius 2 is 1.57 bits per heavy atom. The number of hydrogen-bond acceptors (Lipinski definition) is 2. The average Bonchev–Trinajstić information content (AvgIpc) is 2.99. The Labute approximate surface area is 122 Å². The van der Waals surface area contributed by atoms with Crippen molar-refractivity contribution in [1.82, 2.24) is 4.98 Å². The Hall–Kier alpha value is -2.87. The third kappa shape index (κ3) is 2.21. The minimum absolute atomic E-state index is 0.643. The lowest BCUT2D eigenvalue weighted by Gasteiger charge is -1.99. The highest BCUT2D eigenvalue weighted by Crippen LogP contribution is 2.28. The zero-order chi connectivity index (χ0) is 14.1. The van der Waals surface area contributed by atoms with Crippen molar-refractivity contribution in [2.75, 3.05) is 0 Å². The molecule has 0 saturated heterocycles. The van der Waals surface area contributed by atoms with E-state index in [9.17, 15) is 0 Å². The second-order valence-electron chi connectivity index (χ2n) is 4.86. The lowest BCUT2D eigenvalue weighted by atomic mass is 10.1. The fraction of sp³-hybridized carbons (Fsp3) is 0. The molecule has 4 rings (SSSR count). The largest absolute Gasteiger partial charge is 0.436 e. The van der Waals surface area contributed by atoms with Crippen LogP contribution >= 0.6 is 0 Å². The van der Waals surface area contributed by atoms with Crippen LogP contribution in [0.3, 0.4) is 0 Å². The van der Waals surface area contributed by atoms with Crippen LogP contribution in [0.5, 0.6) is 0 Å². The highest BCUT2D eigenvalue weighted by molar-refractivity contribution is 5.82. The van der Waals surface area contributed by atoms with E-state index in [1.54, 1.807) is 0 Å². The van der Waals surface area contributed by atoms with Crippen molar-refractivity contribution >= 4 is 11.1 Å². The minimum Gasteiger partial charge on any atom is -0.436 e. The van der Waals surface area contributed by atoms with E-state index < -0.39 is 0 Å². The van der Waals surface area contributed by atoms with Crippen LogP contribution in [0.25, 0.3) is 33.7 Å². The van der Waals surface area contributed by atoms with Gasteiger partial charge in [0.2, 0.25) is 5.89 Å². The number of oxazole rings is 1. The van der Waals surface area contributed by atoms with E-state index >= 15 is 0 Å². The van der Waals surface area contributed by atoms with E-state index in [-0.39, 0.29) is 0 Å². The second kappa shape index (κ2) is 4.91. The van der Waals surface area contributed by atoms with Gasteiger partial charge in [0.15, 0.2) is 5.58 Å². The molecule has 0 amide bonds. The van der Waals surface area contributed by atoms with Crippen LogP contribution in [0.15, 0.2) is 77.2 Å². The molecule has 99 valence electrons. The van der Waals surface area contributed by atoms with Gasteiger partial charge in [0.1, 0.15) is 5.52 Å². The molecule has 4 aromatic rings. The molecule has 1 aromatic heterocycles. The molecule has 0 fully saturated rings. The first-order chi connectivity index (χ1) is 10.4. The van der Waals surface area contributed by atoms with Gasteiger partial charge in [0.05, 0.1) is 0 Å². The van der Waals surface area contributed by atoms with Crippen LogP contribution in [0, 0.1) is 6.07 Å². The van der Waals surface area contributed by atoms with Crippen LogP contribution < -0.4 is 0 Å². The Morgan fingerprint density at radius 1 is 0.762 bits per heavy atom. The Morgan fingerprint density at radius 3 is 2.38 bits per heavy atom. The Balaban J connectivity index is 1.82. The molecule has 0 N–H and O–H groups in total. The standard InChI is InChI=1S/C19H12NO/c1-3-7-14(8-4-1)16-11-12-18-17(13-16)20-19(21-18)15-9-5-2-6-10-15/h1,3-13H. The summed E-state index contributed by atoms with van der Waals surface area (Å²) in [5.41, 5.74) is 4.96. The number of benzene rings is 3. The molecule has 0 unspecified atom stereocenters.